The standard InChI is InChI=1S/C10H22N2O2/c1-2-5-13-6-3-12-4-7-14-9-10(12)8-11/h10H,2-9,11H2,1H3. The van der Waals surface area contributed by atoms with E-state index in [9.17, 15) is 0 Å². The molecule has 0 radical (unpaired) electrons. The number of hydrogen-bond donors (Lipinski definition) is 1. The summed E-state index contributed by atoms with van der Waals surface area (Å²) >= 11 is 0. The van der Waals surface area contributed by atoms with Crippen molar-refractivity contribution in [3.05, 3.63) is 0 Å². The first-order valence-electron chi connectivity index (χ1n) is 5.48. The van der Waals surface area contributed by atoms with Crippen LogP contribution in [0.15, 0.2) is 0 Å². The van der Waals surface area contributed by atoms with Crippen LogP contribution in [0.25, 0.3) is 0 Å². The molecular formula is C10H22N2O2. The lowest BCUT2D eigenvalue weighted by Gasteiger charge is -2.34. The van der Waals surface area contributed by atoms with E-state index in [0.717, 1.165) is 45.9 Å². The van der Waals surface area contributed by atoms with Crippen molar-refractivity contribution in [3.8, 4) is 0 Å². The summed E-state index contributed by atoms with van der Waals surface area (Å²) in [4.78, 5) is 2.36. The highest BCUT2D eigenvalue weighted by atomic mass is 16.5. The van der Waals surface area contributed by atoms with Crippen molar-refractivity contribution in [2.75, 3.05) is 46.1 Å². The molecule has 4 heteroatoms. The number of ether oxygens (including phenoxy) is 2. The average Bonchev–Trinajstić information content (AvgIpc) is 2.25. The molecular weight excluding hydrogens is 180 g/mol. The minimum Gasteiger partial charge on any atom is -0.380 e. The minimum atomic E-state index is 0.383. The molecule has 1 saturated heterocycles. The first-order valence-corrected chi connectivity index (χ1v) is 5.48. The fraction of sp³-hybridized carbons (Fsp3) is 1.00. The van der Waals surface area contributed by atoms with Crippen LogP contribution < -0.4 is 5.73 Å². The van der Waals surface area contributed by atoms with Crippen molar-refractivity contribution in [1.29, 1.82) is 0 Å². The van der Waals surface area contributed by atoms with E-state index in [1.165, 1.54) is 0 Å². The van der Waals surface area contributed by atoms with Gasteiger partial charge in [0, 0.05) is 32.3 Å². The number of nitrogens with two attached hydrogens (primary N) is 1. The maximum absolute atomic E-state index is 5.66. The Kier molecular flexibility index (Phi) is 6.10. The zero-order valence-electron chi connectivity index (χ0n) is 9.08. The molecule has 84 valence electrons. The van der Waals surface area contributed by atoms with E-state index in [1.807, 2.05) is 0 Å². The van der Waals surface area contributed by atoms with Crippen LogP contribution in [0.1, 0.15) is 13.3 Å². The lowest BCUT2D eigenvalue weighted by molar-refractivity contribution is -0.0168. The van der Waals surface area contributed by atoms with Gasteiger partial charge in [-0.1, -0.05) is 6.92 Å². The molecule has 1 unspecified atom stereocenters. The molecule has 1 aliphatic rings. The van der Waals surface area contributed by atoms with E-state index in [4.69, 9.17) is 15.2 Å². The van der Waals surface area contributed by atoms with Crippen LogP contribution in [0.2, 0.25) is 0 Å². The number of morpholine rings is 1. The highest BCUT2D eigenvalue weighted by Crippen LogP contribution is 2.04. The largest absolute Gasteiger partial charge is 0.380 e. The van der Waals surface area contributed by atoms with Crippen molar-refractivity contribution in [3.63, 3.8) is 0 Å². The highest BCUT2D eigenvalue weighted by molar-refractivity contribution is 4.75. The van der Waals surface area contributed by atoms with Gasteiger partial charge < -0.3 is 15.2 Å². The summed E-state index contributed by atoms with van der Waals surface area (Å²) in [5.74, 6) is 0. The normalized spacial score (nSPS) is 24.0. The summed E-state index contributed by atoms with van der Waals surface area (Å²) in [6, 6.07) is 0.383. The maximum Gasteiger partial charge on any atom is 0.0634 e. The summed E-state index contributed by atoms with van der Waals surface area (Å²) in [6.07, 6.45) is 1.09. The van der Waals surface area contributed by atoms with Gasteiger partial charge in [-0.05, 0) is 6.42 Å². The molecule has 1 fully saturated rings. The van der Waals surface area contributed by atoms with Crippen molar-refractivity contribution in [1.82, 2.24) is 4.90 Å². The Morgan fingerprint density at radius 2 is 2.36 bits per heavy atom. The lowest BCUT2D eigenvalue weighted by atomic mass is 10.2. The number of rotatable bonds is 6. The lowest BCUT2D eigenvalue weighted by Crippen LogP contribution is -2.50. The first-order chi connectivity index (χ1) is 6.88. The summed E-state index contributed by atoms with van der Waals surface area (Å²) in [7, 11) is 0. The van der Waals surface area contributed by atoms with E-state index in [0.29, 0.717) is 12.6 Å². The van der Waals surface area contributed by atoms with Gasteiger partial charge in [0.15, 0.2) is 0 Å². The van der Waals surface area contributed by atoms with Gasteiger partial charge in [0.25, 0.3) is 0 Å². The molecule has 0 saturated carbocycles. The van der Waals surface area contributed by atoms with Crippen molar-refractivity contribution in [2.45, 2.75) is 19.4 Å². The third-order valence-electron chi connectivity index (χ3n) is 2.49. The summed E-state index contributed by atoms with van der Waals surface area (Å²) in [5, 5.41) is 0. The smallest absolute Gasteiger partial charge is 0.0634 e. The van der Waals surface area contributed by atoms with Crippen LogP contribution in [-0.4, -0.2) is 57.0 Å². The van der Waals surface area contributed by atoms with Crippen LogP contribution in [0.3, 0.4) is 0 Å². The molecule has 2 N–H and O–H groups in total. The van der Waals surface area contributed by atoms with Gasteiger partial charge in [0.1, 0.15) is 0 Å². The van der Waals surface area contributed by atoms with Gasteiger partial charge in [0.2, 0.25) is 0 Å². The molecule has 0 amide bonds. The molecule has 0 aromatic heterocycles. The quantitative estimate of drug-likeness (QED) is 0.619. The van der Waals surface area contributed by atoms with E-state index in [1.54, 1.807) is 0 Å². The van der Waals surface area contributed by atoms with Gasteiger partial charge >= 0.3 is 0 Å². The van der Waals surface area contributed by atoms with Gasteiger partial charge in [-0.15, -0.1) is 0 Å². The van der Waals surface area contributed by atoms with Gasteiger partial charge in [0.05, 0.1) is 19.8 Å². The Morgan fingerprint density at radius 3 is 3.07 bits per heavy atom. The van der Waals surface area contributed by atoms with E-state index < -0.39 is 0 Å². The monoisotopic (exact) mass is 202 g/mol. The zero-order valence-corrected chi connectivity index (χ0v) is 9.08. The van der Waals surface area contributed by atoms with Crippen LogP contribution in [0, 0.1) is 0 Å². The summed E-state index contributed by atoms with van der Waals surface area (Å²) in [6.45, 7) is 8.02. The Hall–Kier alpha value is -0.160. The Labute approximate surface area is 86.3 Å². The first kappa shape index (κ1) is 11.9. The second-order valence-electron chi connectivity index (χ2n) is 3.61. The van der Waals surface area contributed by atoms with Gasteiger partial charge in [-0.2, -0.15) is 0 Å². The molecule has 1 heterocycles. The fourth-order valence-electron chi connectivity index (χ4n) is 1.63. The van der Waals surface area contributed by atoms with Crippen LogP contribution in [0.5, 0.6) is 0 Å². The molecule has 0 aromatic carbocycles. The van der Waals surface area contributed by atoms with Crippen molar-refractivity contribution >= 4 is 0 Å². The Balaban J connectivity index is 2.13. The average molecular weight is 202 g/mol. The van der Waals surface area contributed by atoms with E-state index >= 15 is 0 Å². The SMILES string of the molecule is CCCOCCN1CCOCC1CN. The van der Waals surface area contributed by atoms with E-state index in [2.05, 4.69) is 11.8 Å². The van der Waals surface area contributed by atoms with E-state index in [-0.39, 0.29) is 0 Å². The maximum atomic E-state index is 5.66. The molecule has 1 atom stereocenters. The third-order valence-corrected chi connectivity index (χ3v) is 2.49. The predicted octanol–water partition coefficient (Wildman–Crippen LogP) is 0.0725. The third kappa shape index (κ3) is 3.92. The molecule has 0 aromatic rings. The molecule has 0 bridgehead atoms. The molecule has 4 nitrogen and oxygen atoms in total. The molecule has 0 aliphatic carbocycles. The van der Waals surface area contributed by atoms with Crippen LogP contribution in [-0.2, 0) is 9.47 Å². The molecule has 0 spiro atoms. The molecule has 1 rings (SSSR count). The minimum absolute atomic E-state index is 0.383. The van der Waals surface area contributed by atoms with Crippen LogP contribution in [0.4, 0.5) is 0 Å². The zero-order chi connectivity index (χ0) is 10.2. The molecule has 14 heavy (non-hydrogen) atoms. The van der Waals surface area contributed by atoms with Crippen LogP contribution >= 0.6 is 0 Å². The summed E-state index contributed by atoms with van der Waals surface area (Å²) in [5.41, 5.74) is 5.66. The molecule has 1 aliphatic heterocycles. The Morgan fingerprint density at radius 1 is 1.50 bits per heavy atom. The topological polar surface area (TPSA) is 47.7 Å². The van der Waals surface area contributed by atoms with Crippen molar-refractivity contribution < 1.29 is 9.47 Å². The predicted molar refractivity (Wildman–Crippen MR) is 56.3 cm³/mol. The number of nitrogens with zero attached hydrogens (tertiary/aromatic N) is 1. The Bertz CT molecular complexity index is 144. The van der Waals surface area contributed by atoms with Gasteiger partial charge in [-0.3, -0.25) is 4.90 Å². The second-order valence-corrected chi connectivity index (χ2v) is 3.61. The fourth-order valence-corrected chi connectivity index (χ4v) is 1.63. The number of hydrogen-bond acceptors (Lipinski definition) is 4. The second kappa shape index (κ2) is 7.17. The summed E-state index contributed by atoms with van der Waals surface area (Å²) < 4.78 is 10.8. The van der Waals surface area contributed by atoms with Crippen molar-refractivity contribution in [2.24, 2.45) is 5.73 Å². The highest BCUT2D eigenvalue weighted by Gasteiger charge is 2.20. The van der Waals surface area contributed by atoms with Gasteiger partial charge in [-0.25, -0.2) is 0 Å².